The summed E-state index contributed by atoms with van der Waals surface area (Å²) in [5.74, 6) is -1.05. The molecule has 5 heteroatoms. The van der Waals surface area contributed by atoms with Gasteiger partial charge in [0.2, 0.25) is 0 Å². The van der Waals surface area contributed by atoms with Crippen molar-refractivity contribution in [3.63, 3.8) is 0 Å². The van der Waals surface area contributed by atoms with Crippen LogP contribution in [0.2, 0.25) is 0 Å². The van der Waals surface area contributed by atoms with E-state index in [1.54, 1.807) is 6.07 Å². The molecule has 5 nitrogen and oxygen atoms in total. The number of aliphatic carboxylic acids is 1. The Morgan fingerprint density at radius 1 is 1.35 bits per heavy atom. The Labute approximate surface area is 99.0 Å². The smallest absolute Gasteiger partial charge is 0.310 e. The number of carbonyl (C=O) groups excluding carboxylic acids is 1. The summed E-state index contributed by atoms with van der Waals surface area (Å²) in [7, 11) is 2.88. The standard InChI is InChI=1S/C12H14O5/c1-7(12(14)15)9-4-8(16-2)5-11(17-3)10(9)6-13/h4-7H,1-3H3,(H,14,15)/t7-/m1/s1. The third-order valence-corrected chi connectivity index (χ3v) is 2.56. The van der Waals surface area contributed by atoms with Crippen LogP contribution >= 0.6 is 0 Å². The lowest BCUT2D eigenvalue weighted by Gasteiger charge is -2.14. The topological polar surface area (TPSA) is 72.8 Å². The molecule has 1 aromatic rings. The molecule has 0 radical (unpaired) electrons. The Kier molecular flexibility index (Phi) is 4.09. The first-order valence-electron chi connectivity index (χ1n) is 4.99. The van der Waals surface area contributed by atoms with Gasteiger partial charge in [0, 0.05) is 6.07 Å². The van der Waals surface area contributed by atoms with Crippen molar-refractivity contribution < 1.29 is 24.2 Å². The van der Waals surface area contributed by atoms with Crippen LogP contribution in [-0.4, -0.2) is 31.6 Å². The maximum Gasteiger partial charge on any atom is 0.310 e. The molecule has 0 aliphatic heterocycles. The van der Waals surface area contributed by atoms with Crippen molar-refractivity contribution in [1.29, 1.82) is 0 Å². The second-order valence-electron chi connectivity index (χ2n) is 3.51. The van der Waals surface area contributed by atoms with E-state index >= 15 is 0 Å². The van der Waals surface area contributed by atoms with E-state index in [9.17, 15) is 9.59 Å². The molecule has 1 N–H and O–H groups in total. The molecular formula is C12H14O5. The van der Waals surface area contributed by atoms with E-state index in [1.807, 2.05) is 0 Å². The lowest BCUT2D eigenvalue weighted by Crippen LogP contribution is -2.11. The van der Waals surface area contributed by atoms with Gasteiger partial charge in [-0.1, -0.05) is 0 Å². The van der Waals surface area contributed by atoms with Crippen molar-refractivity contribution in [3.8, 4) is 11.5 Å². The molecule has 0 heterocycles. The van der Waals surface area contributed by atoms with Crippen LogP contribution in [0.1, 0.15) is 28.8 Å². The Bertz CT molecular complexity index is 439. The molecule has 0 spiro atoms. The van der Waals surface area contributed by atoms with Gasteiger partial charge in [-0.2, -0.15) is 0 Å². The molecule has 0 saturated heterocycles. The first-order valence-corrected chi connectivity index (χ1v) is 4.99. The van der Waals surface area contributed by atoms with Crippen molar-refractivity contribution in [2.75, 3.05) is 14.2 Å². The molecule has 0 saturated carbocycles. The molecule has 0 fully saturated rings. The third-order valence-electron chi connectivity index (χ3n) is 2.56. The normalized spacial score (nSPS) is 11.7. The van der Waals surface area contributed by atoms with Gasteiger partial charge in [0.1, 0.15) is 11.5 Å². The van der Waals surface area contributed by atoms with Crippen LogP contribution in [0.5, 0.6) is 11.5 Å². The highest BCUT2D eigenvalue weighted by Gasteiger charge is 2.21. The van der Waals surface area contributed by atoms with Gasteiger partial charge in [-0.15, -0.1) is 0 Å². The minimum Gasteiger partial charge on any atom is -0.497 e. The minimum absolute atomic E-state index is 0.239. The average molecular weight is 238 g/mol. The molecule has 1 atom stereocenters. The van der Waals surface area contributed by atoms with Gasteiger partial charge >= 0.3 is 5.97 Å². The fraction of sp³-hybridized carbons (Fsp3) is 0.333. The van der Waals surface area contributed by atoms with E-state index in [-0.39, 0.29) is 5.56 Å². The van der Waals surface area contributed by atoms with Gasteiger partial charge in [-0.05, 0) is 18.6 Å². The summed E-state index contributed by atoms with van der Waals surface area (Å²) >= 11 is 0. The maximum absolute atomic E-state index is 11.0. The van der Waals surface area contributed by atoms with Gasteiger partial charge < -0.3 is 14.6 Å². The predicted molar refractivity (Wildman–Crippen MR) is 61.0 cm³/mol. The summed E-state index contributed by atoms with van der Waals surface area (Å²) in [6.07, 6.45) is 0.590. The van der Waals surface area contributed by atoms with E-state index in [1.165, 1.54) is 27.2 Å². The van der Waals surface area contributed by atoms with Crippen LogP contribution in [0.25, 0.3) is 0 Å². The molecule has 0 bridgehead atoms. The molecule has 17 heavy (non-hydrogen) atoms. The van der Waals surface area contributed by atoms with Crippen molar-refractivity contribution in [2.24, 2.45) is 0 Å². The fourth-order valence-corrected chi connectivity index (χ4v) is 1.53. The minimum atomic E-state index is -1.01. The van der Waals surface area contributed by atoms with Crippen molar-refractivity contribution >= 4 is 12.3 Å². The lowest BCUT2D eigenvalue weighted by molar-refractivity contribution is -0.138. The van der Waals surface area contributed by atoms with Crippen LogP contribution < -0.4 is 9.47 Å². The van der Waals surface area contributed by atoms with Crippen LogP contribution in [-0.2, 0) is 4.79 Å². The molecule has 92 valence electrons. The van der Waals surface area contributed by atoms with Gasteiger partial charge in [0.05, 0.1) is 25.7 Å². The van der Waals surface area contributed by atoms with Gasteiger partial charge in [0.25, 0.3) is 0 Å². The lowest BCUT2D eigenvalue weighted by atomic mass is 9.95. The number of hydrogen-bond donors (Lipinski definition) is 1. The zero-order valence-electron chi connectivity index (χ0n) is 9.89. The number of carboxylic acid groups (broad SMARTS) is 1. The van der Waals surface area contributed by atoms with Gasteiger partial charge in [-0.25, -0.2) is 0 Å². The number of carbonyl (C=O) groups is 2. The van der Waals surface area contributed by atoms with Crippen molar-refractivity contribution in [3.05, 3.63) is 23.3 Å². The molecule has 0 aliphatic rings. The summed E-state index contributed by atoms with van der Waals surface area (Å²) in [4.78, 5) is 22.0. The van der Waals surface area contributed by atoms with Crippen molar-refractivity contribution in [1.82, 2.24) is 0 Å². The van der Waals surface area contributed by atoms with E-state index < -0.39 is 11.9 Å². The number of carboxylic acids is 1. The van der Waals surface area contributed by atoms with Crippen LogP contribution in [0.3, 0.4) is 0 Å². The van der Waals surface area contributed by atoms with Crippen LogP contribution in [0.15, 0.2) is 12.1 Å². The summed E-state index contributed by atoms with van der Waals surface area (Å²) < 4.78 is 10.1. The SMILES string of the molecule is COc1cc(OC)c(C=O)c([C@@H](C)C(=O)O)c1. The zero-order chi connectivity index (χ0) is 13.0. The van der Waals surface area contributed by atoms with E-state index in [2.05, 4.69) is 0 Å². The highest BCUT2D eigenvalue weighted by Crippen LogP contribution is 2.32. The van der Waals surface area contributed by atoms with Gasteiger partial charge in [0.15, 0.2) is 6.29 Å². The van der Waals surface area contributed by atoms with E-state index in [4.69, 9.17) is 14.6 Å². The van der Waals surface area contributed by atoms with E-state index in [0.717, 1.165) is 0 Å². The number of methoxy groups -OCH3 is 2. The fourth-order valence-electron chi connectivity index (χ4n) is 1.53. The summed E-state index contributed by atoms with van der Waals surface area (Å²) in [5.41, 5.74) is 0.618. The zero-order valence-corrected chi connectivity index (χ0v) is 9.89. The molecule has 0 aromatic heterocycles. The highest BCUT2D eigenvalue weighted by molar-refractivity contribution is 5.87. The second-order valence-corrected chi connectivity index (χ2v) is 3.51. The number of benzene rings is 1. The first-order chi connectivity index (χ1) is 8.04. The number of rotatable bonds is 5. The van der Waals surface area contributed by atoms with Crippen LogP contribution in [0, 0.1) is 0 Å². The quantitative estimate of drug-likeness (QED) is 0.790. The predicted octanol–water partition coefficient (Wildman–Crippen LogP) is 1.70. The number of ether oxygens (including phenoxy) is 2. The molecule has 0 unspecified atom stereocenters. The first kappa shape index (κ1) is 13.0. The summed E-state index contributed by atoms with van der Waals surface area (Å²) in [6, 6.07) is 3.08. The molecule has 1 rings (SSSR count). The van der Waals surface area contributed by atoms with Crippen LogP contribution in [0.4, 0.5) is 0 Å². The Hall–Kier alpha value is -2.04. The third kappa shape index (κ3) is 2.55. The Morgan fingerprint density at radius 2 is 2.00 bits per heavy atom. The molecule has 0 amide bonds. The average Bonchev–Trinajstić information content (AvgIpc) is 2.35. The number of hydrogen-bond acceptors (Lipinski definition) is 4. The molecule has 0 aliphatic carbocycles. The monoisotopic (exact) mass is 238 g/mol. The second kappa shape index (κ2) is 5.34. The Balaban J connectivity index is 3.43. The van der Waals surface area contributed by atoms with Gasteiger partial charge in [-0.3, -0.25) is 9.59 Å². The molecule has 1 aromatic carbocycles. The maximum atomic E-state index is 11.0. The van der Waals surface area contributed by atoms with E-state index in [0.29, 0.717) is 23.3 Å². The highest BCUT2D eigenvalue weighted by atomic mass is 16.5. The summed E-state index contributed by atoms with van der Waals surface area (Å²) in [5, 5.41) is 8.99. The number of aldehydes is 1. The van der Waals surface area contributed by atoms with Crippen molar-refractivity contribution in [2.45, 2.75) is 12.8 Å². The summed E-state index contributed by atoms with van der Waals surface area (Å²) in [6.45, 7) is 1.50. The Morgan fingerprint density at radius 3 is 2.41 bits per heavy atom. The largest absolute Gasteiger partial charge is 0.497 e. The molecular weight excluding hydrogens is 224 g/mol.